The molecule has 1 heterocycles. The van der Waals surface area contributed by atoms with Gasteiger partial charge in [-0.05, 0) is 19.4 Å². The lowest BCUT2D eigenvalue weighted by molar-refractivity contribution is -0.120. The van der Waals surface area contributed by atoms with Crippen LogP contribution < -0.4 is 11.1 Å². The van der Waals surface area contributed by atoms with Crippen LogP contribution in [0.15, 0.2) is 0 Å². The first kappa shape index (κ1) is 10.5. The van der Waals surface area contributed by atoms with E-state index in [1.54, 1.807) is 7.05 Å². The third-order valence-corrected chi connectivity index (χ3v) is 2.68. The quantitative estimate of drug-likeness (QED) is 0.623. The van der Waals surface area contributed by atoms with E-state index >= 15 is 0 Å². The van der Waals surface area contributed by atoms with Gasteiger partial charge >= 0.3 is 0 Å². The van der Waals surface area contributed by atoms with Crippen molar-refractivity contribution in [2.24, 2.45) is 5.73 Å². The van der Waals surface area contributed by atoms with E-state index in [1.807, 2.05) is 0 Å². The smallest absolute Gasteiger partial charge is 0.221 e. The predicted molar refractivity (Wildman–Crippen MR) is 52.3 cm³/mol. The number of hydrogen-bond donors (Lipinski definition) is 2. The Morgan fingerprint density at radius 2 is 2.46 bits per heavy atom. The fraction of sp³-hybridized carbons (Fsp3) is 0.889. The zero-order valence-corrected chi connectivity index (χ0v) is 8.25. The number of nitrogens with one attached hydrogen (secondary N) is 1. The SMILES string of the molecule is CNC(=O)CCN1CCCC1CN. The van der Waals surface area contributed by atoms with E-state index in [9.17, 15) is 4.79 Å². The molecule has 0 radical (unpaired) electrons. The molecule has 4 nitrogen and oxygen atoms in total. The number of likely N-dealkylation sites (tertiary alicyclic amines) is 1. The van der Waals surface area contributed by atoms with E-state index in [1.165, 1.54) is 12.8 Å². The first-order chi connectivity index (χ1) is 6.27. The van der Waals surface area contributed by atoms with E-state index in [-0.39, 0.29) is 5.91 Å². The van der Waals surface area contributed by atoms with Gasteiger partial charge in [0, 0.05) is 32.6 Å². The third-order valence-electron chi connectivity index (χ3n) is 2.68. The van der Waals surface area contributed by atoms with Gasteiger partial charge in [0.1, 0.15) is 0 Å². The monoisotopic (exact) mass is 185 g/mol. The second kappa shape index (κ2) is 5.19. The molecule has 1 aliphatic heterocycles. The number of nitrogens with two attached hydrogens (primary N) is 1. The van der Waals surface area contributed by atoms with E-state index in [0.717, 1.165) is 13.1 Å². The van der Waals surface area contributed by atoms with Crippen molar-refractivity contribution in [3.8, 4) is 0 Å². The topological polar surface area (TPSA) is 58.4 Å². The molecule has 1 fully saturated rings. The van der Waals surface area contributed by atoms with E-state index < -0.39 is 0 Å². The minimum absolute atomic E-state index is 0.114. The lowest BCUT2D eigenvalue weighted by Crippen LogP contribution is -2.37. The van der Waals surface area contributed by atoms with Crippen LogP contribution in [0.5, 0.6) is 0 Å². The number of amides is 1. The Labute approximate surface area is 79.5 Å². The van der Waals surface area contributed by atoms with Crippen LogP contribution in [0.3, 0.4) is 0 Å². The van der Waals surface area contributed by atoms with E-state index in [0.29, 0.717) is 19.0 Å². The van der Waals surface area contributed by atoms with Crippen molar-refractivity contribution in [2.45, 2.75) is 25.3 Å². The number of nitrogens with zero attached hydrogens (tertiary/aromatic N) is 1. The molecular formula is C9H19N3O. The maximum Gasteiger partial charge on any atom is 0.221 e. The highest BCUT2D eigenvalue weighted by Crippen LogP contribution is 2.15. The van der Waals surface area contributed by atoms with Gasteiger partial charge in [-0.3, -0.25) is 9.69 Å². The summed E-state index contributed by atoms with van der Waals surface area (Å²) in [5.74, 6) is 0.114. The molecule has 0 spiro atoms. The summed E-state index contributed by atoms with van der Waals surface area (Å²) < 4.78 is 0. The second-order valence-electron chi connectivity index (χ2n) is 3.49. The molecular weight excluding hydrogens is 166 g/mol. The third kappa shape index (κ3) is 2.97. The van der Waals surface area contributed by atoms with Crippen LogP contribution in [0.2, 0.25) is 0 Å². The van der Waals surface area contributed by atoms with Crippen molar-refractivity contribution in [1.29, 1.82) is 0 Å². The van der Waals surface area contributed by atoms with Gasteiger partial charge in [-0.25, -0.2) is 0 Å². The van der Waals surface area contributed by atoms with Gasteiger partial charge in [-0.15, -0.1) is 0 Å². The largest absolute Gasteiger partial charge is 0.359 e. The van der Waals surface area contributed by atoms with Crippen LogP contribution in [0, 0.1) is 0 Å². The van der Waals surface area contributed by atoms with Gasteiger partial charge < -0.3 is 11.1 Å². The number of carbonyl (C=O) groups is 1. The standard InChI is InChI=1S/C9H19N3O/c1-11-9(13)4-6-12-5-2-3-8(12)7-10/h8H,2-7,10H2,1H3,(H,11,13). The molecule has 1 atom stereocenters. The minimum atomic E-state index is 0.114. The van der Waals surface area contributed by atoms with E-state index in [2.05, 4.69) is 10.2 Å². The van der Waals surface area contributed by atoms with Crippen molar-refractivity contribution in [1.82, 2.24) is 10.2 Å². The molecule has 0 aromatic rings. The summed E-state index contributed by atoms with van der Waals surface area (Å²) >= 11 is 0. The zero-order chi connectivity index (χ0) is 9.68. The van der Waals surface area contributed by atoms with Crippen molar-refractivity contribution in [3.63, 3.8) is 0 Å². The van der Waals surface area contributed by atoms with Gasteiger partial charge in [-0.2, -0.15) is 0 Å². The molecule has 0 bridgehead atoms. The molecule has 4 heteroatoms. The summed E-state index contributed by atoms with van der Waals surface area (Å²) in [5, 5.41) is 2.62. The maximum absolute atomic E-state index is 11.0. The van der Waals surface area contributed by atoms with Crippen molar-refractivity contribution in [3.05, 3.63) is 0 Å². The molecule has 0 aromatic carbocycles. The normalized spacial score (nSPS) is 23.4. The molecule has 1 amide bonds. The summed E-state index contributed by atoms with van der Waals surface area (Å²) in [6, 6.07) is 0.504. The molecule has 1 saturated heterocycles. The molecule has 0 saturated carbocycles. The van der Waals surface area contributed by atoms with Gasteiger partial charge in [0.05, 0.1) is 0 Å². The van der Waals surface area contributed by atoms with Gasteiger partial charge in [0.15, 0.2) is 0 Å². The number of carbonyl (C=O) groups excluding carboxylic acids is 1. The summed E-state index contributed by atoms with van der Waals surface area (Å²) in [5.41, 5.74) is 5.62. The summed E-state index contributed by atoms with van der Waals surface area (Å²) in [4.78, 5) is 13.3. The van der Waals surface area contributed by atoms with Crippen molar-refractivity contribution in [2.75, 3.05) is 26.7 Å². The molecule has 3 N–H and O–H groups in total. The first-order valence-electron chi connectivity index (χ1n) is 4.92. The molecule has 0 aliphatic carbocycles. The fourth-order valence-electron chi connectivity index (χ4n) is 1.83. The lowest BCUT2D eigenvalue weighted by atomic mass is 10.2. The molecule has 1 aliphatic rings. The molecule has 13 heavy (non-hydrogen) atoms. The van der Waals surface area contributed by atoms with Gasteiger partial charge in [0.25, 0.3) is 0 Å². The highest BCUT2D eigenvalue weighted by Gasteiger charge is 2.22. The zero-order valence-electron chi connectivity index (χ0n) is 8.25. The minimum Gasteiger partial charge on any atom is -0.359 e. The highest BCUT2D eigenvalue weighted by atomic mass is 16.1. The van der Waals surface area contributed by atoms with Crippen molar-refractivity contribution >= 4 is 5.91 Å². The first-order valence-corrected chi connectivity index (χ1v) is 4.92. The van der Waals surface area contributed by atoms with E-state index in [4.69, 9.17) is 5.73 Å². The maximum atomic E-state index is 11.0. The average molecular weight is 185 g/mol. The molecule has 1 rings (SSSR count). The molecule has 76 valence electrons. The van der Waals surface area contributed by atoms with Crippen LogP contribution >= 0.6 is 0 Å². The average Bonchev–Trinajstić information content (AvgIpc) is 2.61. The van der Waals surface area contributed by atoms with Crippen LogP contribution in [0.1, 0.15) is 19.3 Å². The Balaban J connectivity index is 2.23. The Morgan fingerprint density at radius 3 is 3.08 bits per heavy atom. The van der Waals surface area contributed by atoms with Crippen LogP contribution in [-0.4, -0.2) is 43.5 Å². The summed E-state index contributed by atoms with van der Waals surface area (Å²) in [6.07, 6.45) is 2.99. The second-order valence-corrected chi connectivity index (χ2v) is 3.49. The Bertz CT molecular complexity index is 172. The number of rotatable bonds is 4. The Morgan fingerprint density at radius 1 is 1.69 bits per heavy atom. The summed E-state index contributed by atoms with van der Waals surface area (Å²) in [7, 11) is 1.67. The van der Waals surface area contributed by atoms with Crippen molar-refractivity contribution < 1.29 is 4.79 Å². The lowest BCUT2D eigenvalue weighted by Gasteiger charge is -2.22. The Hall–Kier alpha value is -0.610. The van der Waals surface area contributed by atoms with Gasteiger partial charge in [-0.1, -0.05) is 0 Å². The Kier molecular flexibility index (Phi) is 4.18. The van der Waals surface area contributed by atoms with Crippen LogP contribution in [0.4, 0.5) is 0 Å². The highest BCUT2D eigenvalue weighted by molar-refractivity contribution is 5.75. The van der Waals surface area contributed by atoms with Crippen LogP contribution in [0.25, 0.3) is 0 Å². The summed E-state index contributed by atoms with van der Waals surface area (Å²) in [6.45, 7) is 2.66. The molecule has 0 aromatic heterocycles. The van der Waals surface area contributed by atoms with Crippen LogP contribution in [-0.2, 0) is 4.79 Å². The molecule has 1 unspecified atom stereocenters. The fourth-order valence-corrected chi connectivity index (χ4v) is 1.83. The number of hydrogen-bond acceptors (Lipinski definition) is 3. The van der Waals surface area contributed by atoms with Gasteiger partial charge in [0.2, 0.25) is 5.91 Å². The predicted octanol–water partition coefficient (Wildman–Crippen LogP) is -0.454.